The molecule has 0 aliphatic heterocycles. The summed E-state index contributed by atoms with van der Waals surface area (Å²) in [5.74, 6) is 0.0139. The summed E-state index contributed by atoms with van der Waals surface area (Å²) < 4.78 is 0. The van der Waals surface area contributed by atoms with E-state index >= 15 is 0 Å². The second kappa shape index (κ2) is 5.28. The predicted octanol–water partition coefficient (Wildman–Crippen LogP) is 2.22. The lowest BCUT2D eigenvalue weighted by atomic mass is 9.98. The van der Waals surface area contributed by atoms with Gasteiger partial charge in [0.1, 0.15) is 0 Å². The average Bonchev–Trinajstić information content (AvgIpc) is 2.74. The molecular formula is C14H18O2. The Morgan fingerprint density at radius 1 is 1.19 bits per heavy atom. The van der Waals surface area contributed by atoms with Gasteiger partial charge in [0, 0.05) is 5.92 Å². The molecule has 0 amide bonds. The van der Waals surface area contributed by atoms with E-state index in [1.54, 1.807) is 6.08 Å². The van der Waals surface area contributed by atoms with Crippen LogP contribution in [0.5, 0.6) is 0 Å². The molecule has 1 saturated carbocycles. The lowest BCUT2D eigenvalue weighted by molar-refractivity contribution is 0.0569. The quantitative estimate of drug-likeness (QED) is 0.816. The maximum Gasteiger partial charge on any atom is 0.0776 e. The highest BCUT2D eigenvalue weighted by Gasteiger charge is 2.29. The van der Waals surface area contributed by atoms with Gasteiger partial charge in [0.25, 0.3) is 0 Å². The van der Waals surface area contributed by atoms with Gasteiger partial charge >= 0.3 is 0 Å². The Morgan fingerprint density at radius 3 is 2.56 bits per heavy atom. The van der Waals surface area contributed by atoms with Crippen molar-refractivity contribution in [3.05, 3.63) is 42.0 Å². The average molecular weight is 218 g/mol. The van der Waals surface area contributed by atoms with Gasteiger partial charge in [-0.1, -0.05) is 48.9 Å². The fraction of sp³-hybridized carbons (Fsp3) is 0.429. The number of benzene rings is 1. The van der Waals surface area contributed by atoms with Crippen molar-refractivity contribution in [2.75, 3.05) is 0 Å². The summed E-state index contributed by atoms with van der Waals surface area (Å²) >= 11 is 0. The van der Waals surface area contributed by atoms with Crippen molar-refractivity contribution in [1.82, 2.24) is 0 Å². The van der Waals surface area contributed by atoms with E-state index < -0.39 is 6.10 Å². The van der Waals surface area contributed by atoms with Crippen molar-refractivity contribution in [3.63, 3.8) is 0 Å². The van der Waals surface area contributed by atoms with E-state index in [9.17, 15) is 10.2 Å². The summed E-state index contributed by atoms with van der Waals surface area (Å²) in [4.78, 5) is 0. The minimum absolute atomic E-state index is 0.0139. The van der Waals surface area contributed by atoms with Crippen molar-refractivity contribution >= 4 is 6.08 Å². The summed E-state index contributed by atoms with van der Waals surface area (Å²) in [7, 11) is 0. The minimum Gasteiger partial charge on any atom is -0.393 e. The predicted molar refractivity (Wildman–Crippen MR) is 64.8 cm³/mol. The molecule has 1 aliphatic rings. The molecule has 0 unspecified atom stereocenters. The van der Waals surface area contributed by atoms with Gasteiger partial charge in [-0.25, -0.2) is 0 Å². The van der Waals surface area contributed by atoms with Crippen LogP contribution in [0.2, 0.25) is 0 Å². The molecule has 2 rings (SSSR count). The van der Waals surface area contributed by atoms with Gasteiger partial charge in [0.2, 0.25) is 0 Å². The van der Waals surface area contributed by atoms with Gasteiger partial charge in [-0.15, -0.1) is 0 Å². The maximum atomic E-state index is 9.93. The third-order valence-electron chi connectivity index (χ3n) is 3.26. The molecule has 0 aromatic heterocycles. The van der Waals surface area contributed by atoms with Crippen molar-refractivity contribution in [2.45, 2.75) is 31.5 Å². The molecule has 0 radical (unpaired) electrons. The van der Waals surface area contributed by atoms with Crippen LogP contribution < -0.4 is 0 Å². The van der Waals surface area contributed by atoms with Crippen LogP contribution >= 0.6 is 0 Å². The van der Waals surface area contributed by atoms with E-state index in [-0.39, 0.29) is 12.0 Å². The molecule has 2 heteroatoms. The highest BCUT2D eigenvalue weighted by molar-refractivity contribution is 5.49. The Morgan fingerprint density at radius 2 is 1.94 bits per heavy atom. The summed E-state index contributed by atoms with van der Waals surface area (Å²) in [6.45, 7) is 0. The van der Waals surface area contributed by atoms with E-state index in [0.717, 1.165) is 24.8 Å². The molecule has 0 bridgehead atoms. The number of aliphatic hydroxyl groups excluding tert-OH is 2. The summed E-state index contributed by atoms with van der Waals surface area (Å²) in [6.07, 6.45) is 5.59. The molecule has 86 valence electrons. The second-order valence-electron chi connectivity index (χ2n) is 4.42. The maximum absolute atomic E-state index is 9.93. The second-order valence-corrected chi connectivity index (χ2v) is 4.42. The smallest absolute Gasteiger partial charge is 0.0776 e. The van der Waals surface area contributed by atoms with Crippen LogP contribution in [0.4, 0.5) is 0 Å². The van der Waals surface area contributed by atoms with Gasteiger partial charge < -0.3 is 10.2 Å². The lowest BCUT2D eigenvalue weighted by Crippen LogP contribution is -2.25. The monoisotopic (exact) mass is 218 g/mol. The first-order valence-corrected chi connectivity index (χ1v) is 5.87. The zero-order chi connectivity index (χ0) is 11.4. The molecule has 1 aromatic carbocycles. The Labute approximate surface area is 96.2 Å². The third-order valence-corrected chi connectivity index (χ3v) is 3.26. The van der Waals surface area contributed by atoms with Gasteiger partial charge in [0.15, 0.2) is 0 Å². The van der Waals surface area contributed by atoms with Crippen LogP contribution in [0.25, 0.3) is 6.08 Å². The minimum atomic E-state index is -0.530. The van der Waals surface area contributed by atoms with Crippen molar-refractivity contribution in [2.24, 2.45) is 5.92 Å². The third kappa shape index (κ3) is 2.71. The number of hydrogen-bond acceptors (Lipinski definition) is 2. The largest absolute Gasteiger partial charge is 0.393 e. The molecule has 0 spiro atoms. The van der Waals surface area contributed by atoms with Gasteiger partial charge in [-0.3, -0.25) is 0 Å². The molecule has 16 heavy (non-hydrogen) atoms. The van der Waals surface area contributed by atoms with Crippen LogP contribution in [0, 0.1) is 5.92 Å². The highest BCUT2D eigenvalue weighted by atomic mass is 16.3. The normalized spacial score (nSPS) is 27.4. The van der Waals surface area contributed by atoms with Crippen LogP contribution in [0.15, 0.2) is 36.4 Å². The molecule has 2 N–H and O–H groups in total. The summed E-state index contributed by atoms with van der Waals surface area (Å²) in [5, 5.41) is 19.6. The van der Waals surface area contributed by atoms with Crippen molar-refractivity contribution < 1.29 is 10.2 Å². The number of rotatable bonds is 3. The fourth-order valence-electron chi connectivity index (χ4n) is 2.28. The molecule has 0 saturated heterocycles. The Hall–Kier alpha value is -1.12. The molecule has 3 atom stereocenters. The fourth-order valence-corrected chi connectivity index (χ4v) is 2.28. The topological polar surface area (TPSA) is 40.5 Å². The molecule has 0 heterocycles. The van der Waals surface area contributed by atoms with Crippen LogP contribution in [0.3, 0.4) is 0 Å². The van der Waals surface area contributed by atoms with Gasteiger partial charge in [-0.05, 0) is 18.4 Å². The molecule has 1 aliphatic carbocycles. The zero-order valence-electron chi connectivity index (χ0n) is 9.29. The highest BCUT2D eigenvalue weighted by Crippen LogP contribution is 2.29. The van der Waals surface area contributed by atoms with E-state index in [4.69, 9.17) is 0 Å². The first-order valence-electron chi connectivity index (χ1n) is 5.87. The molecule has 1 aromatic rings. The van der Waals surface area contributed by atoms with Crippen molar-refractivity contribution in [1.29, 1.82) is 0 Å². The van der Waals surface area contributed by atoms with Crippen LogP contribution in [-0.2, 0) is 0 Å². The summed E-state index contributed by atoms with van der Waals surface area (Å²) in [5.41, 5.74) is 1.08. The zero-order valence-corrected chi connectivity index (χ0v) is 9.29. The van der Waals surface area contributed by atoms with Crippen LogP contribution in [0.1, 0.15) is 24.8 Å². The van der Waals surface area contributed by atoms with E-state index in [1.165, 1.54) is 0 Å². The SMILES string of the molecule is O[C@@H](/C=C/c1ccccc1)[C@H]1CCC[C@@H]1O. The Balaban J connectivity index is 1.96. The summed E-state index contributed by atoms with van der Waals surface area (Å²) in [6, 6.07) is 9.89. The van der Waals surface area contributed by atoms with E-state index in [2.05, 4.69) is 0 Å². The van der Waals surface area contributed by atoms with Gasteiger partial charge in [-0.2, -0.15) is 0 Å². The first-order chi connectivity index (χ1) is 7.77. The Bertz CT molecular complexity index is 345. The molecular weight excluding hydrogens is 200 g/mol. The Kier molecular flexibility index (Phi) is 3.75. The lowest BCUT2D eigenvalue weighted by Gasteiger charge is -2.18. The van der Waals surface area contributed by atoms with Gasteiger partial charge in [0.05, 0.1) is 12.2 Å². The first kappa shape index (κ1) is 11.4. The van der Waals surface area contributed by atoms with E-state index in [0.29, 0.717) is 0 Å². The molecule has 2 nitrogen and oxygen atoms in total. The number of aliphatic hydroxyl groups is 2. The molecule has 1 fully saturated rings. The van der Waals surface area contributed by atoms with E-state index in [1.807, 2.05) is 36.4 Å². The van der Waals surface area contributed by atoms with Crippen LogP contribution in [-0.4, -0.2) is 22.4 Å². The van der Waals surface area contributed by atoms with Crippen molar-refractivity contribution in [3.8, 4) is 0 Å². The number of hydrogen-bond donors (Lipinski definition) is 2. The standard InChI is InChI=1S/C14H18O2/c15-13-8-4-7-12(13)14(16)10-9-11-5-2-1-3-6-11/h1-3,5-6,9-10,12-16H,4,7-8H2/b10-9+/t12-,13-,14-/m0/s1.